The van der Waals surface area contributed by atoms with Crippen molar-refractivity contribution in [2.75, 3.05) is 26.7 Å². The van der Waals surface area contributed by atoms with Gasteiger partial charge >= 0.3 is 12.0 Å². The normalized spacial score (nSPS) is 11.8. The maximum Gasteiger partial charge on any atom is 0.321 e. The van der Waals surface area contributed by atoms with Crippen molar-refractivity contribution in [3.63, 3.8) is 0 Å². The first kappa shape index (κ1) is 17.4. The van der Waals surface area contributed by atoms with E-state index in [1.807, 2.05) is 6.92 Å². The Bertz CT molecular complexity index is 320. The number of amides is 3. The molecule has 0 spiro atoms. The van der Waals surface area contributed by atoms with Crippen LogP contribution in [0.5, 0.6) is 0 Å². The second-order valence-electron chi connectivity index (χ2n) is 4.07. The number of esters is 1. The molecule has 110 valence electrons. The molecular weight excluding hydrogens is 250 g/mol. The van der Waals surface area contributed by atoms with Crippen molar-refractivity contribution in [2.45, 2.75) is 33.2 Å². The second-order valence-corrected chi connectivity index (χ2v) is 4.07. The number of rotatable bonds is 7. The Morgan fingerprint density at radius 1 is 1.26 bits per heavy atom. The number of carbonyl (C=O) groups excluding carboxylic acids is 3. The lowest BCUT2D eigenvalue weighted by molar-refractivity contribution is -0.143. The first-order valence-electron chi connectivity index (χ1n) is 6.35. The van der Waals surface area contributed by atoms with Crippen molar-refractivity contribution in [1.82, 2.24) is 15.5 Å². The highest BCUT2D eigenvalue weighted by atomic mass is 16.5. The molecule has 0 aromatic rings. The standard InChI is InChI=1S/C12H23N3O4/c1-5-7-15(8-10(16)19-4)9(3)11(17)14-12(18)13-6-2/h9H,5-8H2,1-4H3,(H2,13,14,17,18). The fourth-order valence-electron chi connectivity index (χ4n) is 1.51. The monoisotopic (exact) mass is 273 g/mol. The molecule has 7 heteroatoms. The van der Waals surface area contributed by atoms with Crippen molar-refractivity contribution in [3.8, 4) is 0 Å². The second kappa shape index (κ2) is 9.32. The first-order chi connectivity index (χ1) is 8.96. The average Bonchev–Trinajstić information content (AvgIpc) is 2.37. The number of carbonyl (C=O) groups is 3. The van der Waals surface area contributed by atoms with Gasteiger partial charge in [-0.1, -0.05) is 6.92 Å². The molecular formula is C12H23N3O4. The van der Waals surface area contributed by atoms with E-state index in [0.29, 0.717) is 13.1 Å². The zero-order valence-corrected chi connectivity index (χ0v) is 12.0. The summed E-state index contributed by atoms with van der Waals surface area (Å²) < 4.78 is 4.59. The highest BCUT2D eigenvalue weighted by Crippen LogP contribution is 2.01. The first-order valence-corrected chi connectivity index (χ1v) is 6.35. The zero-order valence-electron chi connectivity index (χ0n) is 12.0. The van der Waals surface area contributed by atoms with Crippen LogP contribution in [0.2, 0.25) is 0 Å². The molecule has 3 amide bonds. The smallest absolute Gasteiger partial charge is 0.321 e. The minimum Gasteiger partial charge on any atom is -0.468 e. The molecule has 0 radical (unpaired) electrons. The van der Waals surface area contributed by atoms with Crippen LogP contribution < -0.4 is 10.6 Å². The maximum atomic E-state index is 11.8. The van der Waals surface area contributed by atoms with E-state index in [0.717, 1.165) is 6.42 Å². The third-order valence-corrected chi connectivity index (χ3v) is 2.57. The van der Waals surface area contributed by atoms with Gasteiger partial charge in [0.15, 0.2) is 0 Å². The summed E-state index contributed by atoms with van der Waals surface area (Å²) in [7, 11) is 1.30. The van der Waals surface area contributed by atoms with Crippen molar-refractivity contribution in [1.29, 1.82) is 0 Å². The molecule has 0 aromatic carbocycles. The summed E-state index contributed by atoms with van der Waals surface area (Å²) in [5, 5.41) is 4.70. The van der Waals surface area contributed by atoms with Crippen LogP contribution >= 0.6 is 0 Å². The number of urea groups is 1. The lowest BCUT2D eigenvalue weighted by Gasteiger charge is -2.26. The topological polar surface area (TPSA) is 87.7 Å². The van der Waals surface area contributed by atoms with Gasteiger partial charge in [-0.25, -0.2) is 4.79 Å². The summed E-state index contributed by atoms with van der Waals surface area (Å²) >= 11 is 0. The number of hydrogen-bond acceptors (Lipinski definition) is 5. The molecule has 0 heterocycles. The average molecular weight is 273 g/mol. The van der Waals surface area contributed by atoms with E-state index >= 15 is 0 Å². The molecule has 0 bridgehead atoms. The molecule has 0 saturated carbocycles. The molecule has 2 N–H and O–H groups in total. The van der Waals surface area contributed by atoms with E-state index in [1.165, 1.54) is 7.11 Å². The van der Waals surface area contributed by atoms with E-state index < -0.39 is 23.9 Å². The molecule has 0 aromatic heterocycles. The van der Waals surface area contributed by atoms with Gasteiger partial charge in [0.05, 0.1) is 19.7 Å². The van der Waals surface area contributed by atoms with Crippen LogP contribution in [-0.4, -0.2) is 55.6 Å². The van der Waals surface area contributed by atoms with Gasteiger partial charge in [-0.05, 0) is 26.8 Å². The molecule has 7 nitrogen and oxygen atoms in total. The summed E-state index contributed by atoms with van der Waals surface area (Å²) in [6.07, 6.45) is 0.787. The number of hydrogen-bond donors (Lipinski definition) is 2. The number of nitrogens with zero attached hydrogens (tertiary/aromatic N) is 1. The molecule has 0 fully saturated rings. The third-order valence-electron chi connectivity index (χ3n) is 2.57. The Hall–Kier alpha value is -1.63. The largest absolute Gasteiger partial charge is 0.468 e. The van der Waals surface area contributed by atoms with E-state index in [2.05, 4.69) is 15.4 Å². The van der Waals surface area contributed by atoms with Gasteiger partial charge in [-0.15, -0.1) is 0 Å². The third kappa shape index (κ3) is 6.76. The Morgan fingerprint density at radius 3 is 2.37 bits per heavy atom. The van der Waals surface area contributed by atoms with Gasteiger partial charge in [0, 0.05) is 6.54 Å². The summed E-state index contributed by atoms with van der Waals surface area (Å²) in [4.78, 5) is 36.1. The van der Waals surface area contributed by atoms with E-state index in [-0.39, 0.29) is 6.54 Å². The SMILES string of the molecule is CCCN(CC(=O)OC)C(C)C(=O)NC(=O)NCC. The van der Waals surface area contributed by atoms with Gasteiger partial charge in [0.25, 0.3) is 0 Å². The fourth-order valence-corrected chi connectivity index (χ4v) is 1.51. The molecule has 19 heavy (non-hydrogen) atoms. The lowest BCUT2D eigenvalue weighted by atomic mass is 10.2. The van der Waals surface area contributed by atoms with Crippen LogP contribution in [-0.2, 0) is 14.3 Å². The number of imide groups is 1. The van der Waals surface area contributed by atoms with Crippen LogP contribution in [0.3, 0.4) is 0 Å². The van der Waals surface area contributed by atoms with Crippen molar-refractivity contribution in [3.05, 3.63) is 0 Å². The lowest BCUT2D eigenvalue weighted by Crippen LogP contribution is -2.51. The van der Waals surface area contributed by atoms with Gasteiger partial charge in [-0.2, -0.15) is 0 Å². The van der Waals surface area contributed by atoms with Crippen molar-refractivity contribution >= 4 is 17.9 Å². The number of nitrogens with one attached hydrogen (secondary N) is 2. The summed E-state index contributed by atoms with van der Waals surface area (Å²) in [5.74, 6) is -0.852. The predicted octanol–water partition coefficient (Wildman–Crippen LogP) is 0.106. The van der Waals surface area contributed by atoms with E-state index in [4.69, 9.17) is 0 Å². The molecule has 1 unspecified atom stereocenters. The van der Waals surface area contributed by atoms with Crippen LogP contribution in [0.25, 0.3) is 0 Å². The van der Waals surface area contributed by atoms with Crippen molar-refractivity contribution in [2.24, 2.45) is 0 Å². The van der Waals surface area contributed by atoms with Crippen LogP contribution in [0, 0.1) is 0 Å². The molecule has 0 rings (SSSR count). The van der Waals surface area contributed by atoms with Crippen LogP contribution in [0.15, 0.2) is 0 Å². The quantitative estimate of drug-likeness (QED) is 0.643. The Morgan fingerprint density at radius 2 is 1.89 bits per heavy atom. The molecule has 0 aliphatic carbocycles. The van der Waals surface area contributed by atoms with Gasteiger partial charge in [0.1, 0.15) is 0 Å². The van der Waals surface area contributed by atoms with Crippen LogP contribution in [0.4, 0.5) is 4.79 Å². The molecule has 0 aliphatic heterocycles. The van der Waals surface area contributed by atoms with E-state index in [1.54, 1.807) is 18.7 Å². The Labute approximate surface area is 113 Å². The molecule has 0 saturated heterocycles. The van der Waals surface area contributed by atoms with E-state index in [9.17, 15) is 14.4 Å². The molecule has 1 atom stereocenters. The van der Waals surface area contributed by atoms with Gasteiger partial charge in [0.2, 0.25) is 5.91 Å². The maximum absolute atomic E-state index is 11.8. The predicted molar refractivity (Wildman–Crippen MR) is 70.6 cm³/mol. The minimum absolute atomic E-state index is 0.0221. The Kier molecular flexibility index (Phi) is 8.52. The number of methoxy groups -OCH3 is 1. The summed E-state index contributed by atoms with van der Waals surface area (Å²) in [5.41, 5.74) is 0. The highest BCUT2D eigenvalue weighted by molar-refractivity contribution is 5.96. The Balaban J connectivity index is 4.51. The van der Waals surface area contributed by atoms with Crippen LogP contribution in [0.1, 0.15) is 27.2 Å². The zero-order chi connectivity index (χ0) is 14.8. The summed E-state index contributed by atoms with van der Waals surface area (Å²) in [6.45, 7) is 6.38. The highest BCUT2D eigenvalue weighted by Gasteiger charge is 2.24. The molecule has 0 aliphatic rings. The number of ether oxygens (including phenoxy) is 1. The minimum atomic E-state index is -0.582. The summed E-state index contributed by atoms with van der Waals surface area (Å²) in [6, 6.07) is -1.12. The fraction of sp³-hybridized carbons (Fsp3) is 0.750. The van der Waals surface area contributed by atoms with Gasteiger partial charge in [-0.3, -0.25) is 19.8 Å². The van der Waals surface area contributed by atoms with Gasteiger partial charge < -0.3 is 10.1 Å². The van der Waals surface area contributed by atoms with Crippen molar-refractivity contribution < 1.29 is 19.1 Å².